The number of nitrogens with zero attached hydrogens (tertiary/aromatic N) is 2. The number of carbonyl (C=O) groups excluding carboxylic acids is 2. The molecule has 0 radical (unpaired) electrons. The number of benzene rings is 3. The lowest BCUT2D eigenvalue weighted by Gasteiger charge is -2.33. The minimum Gasteiger partial charge on any atom is -0.497 e. The Morgan fingerprint density at radius 3 is 2.74 bits per heavy atom. The van der Waals surface area contributed by atoms with E-state index in [2.05, 4.69) is 5.32 Å². The number of amides is 3. The molecule has 1 fully saturated rings. The molecule has 1 unspecified atom stereocenters. The molecule has 2 heterocycles. The van der Waals surface area contributed by atoms with Crippen LogP contribution in [0.1, 0.15) is 16.7 Å². The molecule has 0 aliphatic carbocycles. The number of halogens is 1. The summed E-state index contributed by atoms with van der Waals surface area (Å²) in [5.74, 6) is 1.12. The topological polar surface area (TPSA) is 61.9 Å². The predicted molar refractivity (Wildman–Crippen MR) is 137 cm³/mol. The summed E-state index contributed by atoms with van der Waals surface area (Å²) in [6, 6.07) is 20.4. The highest BCUT2D eigenvalue weighted by Crippen LogP contribution is 2.55. The summed E-state index contributed by atoms with van der Waals surface area (Å²) in [7, 11) is 1.59. The Kier molecular flexibility index (Phi) is 5.91. The zero-order chi connectivity index (χ0) is 23.9. The molecule has 5 rings (SSSR count). The first kappa shape index (κ1) is 22.6. The zero-order valence-corrected chi connectivity index (χ0v) is 20.4. The van der Waals surface area contributed by atoms with Crippen molar-refractivity contribution in [2.45, 2.75) is 18.3 Å². The fraction of sp³-hybridized carbons (Fsp3) is 0.231. The van der Waals surface area contributed by atoms with E-state index in [-0.39, 0.29) is 11.9 Å². The van der Waals surface area contributed by atoms with Crippen molar-refractivity contribution in [3.8, 4) is 5.75 Å². The number of fused-ring (bicyclic) bond motifs is 2. The Balaban J connectivity index is 1.56. The molecule has 1 N–H and O–H groups in total. The van der Waals surface area contributed by atoms with Crippen LogP contribution >= 0.6 is 23.4 Å². The Labute approximate surface area is 207 Å². The molecule has 174 valence electrons. The second-order valence-electron chi connectivity index (χ2n) is 8.31. The number of ether oxygens (including phenoxy) is 1. The first-order valence-corrected chi connectivity index (χ1v) is 12.3. The number of nitrogens with one attached hydrogen (secondary N) is 1. The third-order valence-corrected chi connectivity index (χ3v) is 7.99. The van der Waals surface area contributed by atoms with E-state index < -0.39 is 4.87 Å². The van der Waals surface area contributed by atoms with Crippen LogP contribution in [0.4, 0.5) is 16.2 Å². The zero-order valence-electron chi connectivity index (χ0n) is 18.9. The molecule has 2 aliphatic heterocycles. The molecule has 2 aliphatic rings. The number of anilines is 2. The number of hydrogen-bond acceptors (Lipinski definition) is 4. The largest absolute Gasteiger partial charge is 0.497 e. The van der Waals surface area contributed by atoms with Crippen LogP contribution in [0.25, 0.3) is 0 Å². The van der Waals surface area contributed by atoms with Crippen LogP contribution in [0.5, 0.6) is 5.75 Å². The first-order valence-electron chi connectivity index (χ1n) is 11.0. The van der Waals surface area contributed by atoms with E-state index in [0.29, 0.717) is 35.3 Å². The molecular formula is C26H24ClN3O3S. The fourth-order valence-electron chi connectivity index (χ4n) is 4.59. The minimum atomic E-state index is -1.17. The van der Waals surface area contributed by atoms with Crippen LogP contribution in [0, 0.1) is 6.92 Å². The van der Waals surface area contributed by atoms with Gasteiger partial charge in [-0.3, -0.25) is 9.69 Å². The standard InChI is InChI=1S/C26H24ClN3O3S/c1-17-6-5-8-19(14-17)28-25(32)30-12-13-34-26(30)21-15-20(33-2)10-11-23(21)29(24(26)31)16-18-7-3-4-9-22(18)27/h3-11,14-15H,12-13,16H2,1-2H3,(H,28,32). The fourth-order valence-corrected chi connectivity index (χ4v) is 6.24. The number of urea groups is 1. The predicted octanol–water partition coefficient (Wildman–Crippen LogP) is 5.64. The van der Waals surface area contributed by atoms with Crippen LogP contribution in [0.15, 0.2) is 66.7 Å². The normalized spacial score (nSPS) is 19.0. The van der Waals surface area contributed by atoms with Crippen LogP contribution < -0.4 is 15.0 Å². The second kappa shape index (κ2) is 8.89. The number of methoxy groups -OCH3 is 1. The smallest absolute Gasteiger partial charge is 0.323 e. The molecule has 3 aromatic carbocycles. The Hall–Kier alpha value is -3.16. The lowest BCUT2D eigenvalue weighted by atomic mass is 10.1. The summed E-state index contributed by atoms with van der Waals surface area (Å²) in [4.78, 5) is 29.8. The van der Waals surface area contributed by atoms with E-state index in [1.165, 1.54) is 11.8 Å². The highest BCUT2D eigenvalue weighted by Gasteiger charge is 2.59. The molecule has 8 heteroatoms. The lowest BCUT2D eigenvalue weighted by molar-refractivity contribution is -0.123. The number of rotatable bonds is 4. The van der Waals surface area contributed by atoms with Crippen molar-refractivity contribution in [2.75, 3.05) is 29.6 Å². The maximum atomic E-state index is 14.1. The van der Waals surface area contributed by atoms with Crippen LogP contribution in [0.3, 0.4) is 0 Å². The number of hydrogen-bond donors (Lipinski definition) is 1. The van der Waals surface area contributed by atoms with Gasteiger partial charge in [0.15, 0.2) is 4.87 Å². The molecule has 0 bridgehead atoms. The molecule has 34 heavy (non-hydrogen) atoms. The van der Waals surface area contributed by atoms with Crippen molar-refractivity contribution in [1.29, 1.82) is 0 Å². The van der Waals surface area contributed by atoms with Gasteiger partial charge in [0, 0.05) is 28.6 Å². The number of aryl methyl sites for hydroxylation is 1. The van der Waals surface area contributed by atoms with Gasteiger partial charge in [0.1, 0.15) is 5.75 Å². The highest BCUT2D eigenvalue weighted by atomic mass is 35.5. The molecule has 3 aromatic rings. The number of carbonyl (C=O) groups is 2. The molecule has 1 saturated heterocycles. The quantitative estimate of drug-likeness (QED) is 0.511. The monoisotopic (exact) mass is 493 g/mol. The van der Waals surface area contributed by atoms with Gasteiger partial charge >= 0.3 is 6.03 Å². The van der Waals surface area contributed by atoms with E-state index in [0.717, 1.165) is 22.4 Å². The highest BCUT2D eigenvalue weighted by molar-refractivity contribution is 8.01. The van der Waals surface area contributed by atoms with Gasteiger partial charge in [-0.25, -0.2) is 4.79 Å². The third kappa shape index (κ3) is 3.69. The van der Waals surface area contributed by atoms with E-state index in [1.54, 1.807) is 16.9 Å². The molecule has 0 aromatic heterocycles. The van der Waals surface area contributed by atoms with Crippen LogP contribution in [-0.2, 0) is 16.2 Å². The van der Waals surface area contributed by atoms with Gasteiger partial charge in [0.25, 0.3) is 5.91 Å². The second-order valence-corrected chi connectivity index (χ2v) is 10.0. The van der Waals surface area contributed by atoms with Crippen molar-refractivity contribution in [3.05, 3.63) is 88.4 Å². The average molecular weight is 494 g/mol. The minimum absolute atomic E-state index is 0.155. The maximum absolute atomic E-state index is 14.1. The van der Waals surface area contributed by atoms with Gasteiger partial charge in [-0.2, -0.15) is 0 Å². The van der Waals surface area contributed by atoms with Gasteiger partial charge in [-0.1, -0.05) is 41.9 Å². The van der Waals surface area contributed by atoms with Crippen molar-refractivity contribution in [3.63, 3.8) is 0 Å². The molecule has 6 nitrogen and oxygen atoms in total. The van der Waals surface area contributed by atoms with Gasteiger partial charge in [0.05, 0.1) is 19.3 Å². The summed E-state index contributed by atoms with van der Waals surface area (Å²) in [5, 5.41) is 3.58. The summed E-state index contributed by atoms with van der Waals surface area (Å²) in [6.07, 6.45) is 0. The van der Waals surface area contributed by atoms with Crippen molar-refractivity contribution in [2.24, 2.45) is 0 Å². The average Bonchev–Trinajstić information content (AvgIpc) is 3.37. The van der Waals surface area contributed by atoms with E-state index in [9.17, 15) is 9.59 Å². The Bertz CT molecular complexity index is 1280. The SMILES string of the molecule is COc1ccc2c(c1)C1(SCCN1C(=O)Nc1cccc(C)c1)C(=O)N2Cc1ccccc1Cl. The van der Waals surface area contributed by atoms with E-state index in [1.807, 2.05) is 73.7 Å². The number of thioether (sulfide) groups is 1. The van der Waals surface area contributed by atoms with E-state index in [4.69, 9.17) is 16.3 Å². The van der Waals surface area contributed by atoms with Gasteiger partial charge in [-0.15, -0.1) is 11.8 Å². The summed E-state index contributed by atoms with van der Waals surface area (Å²) >= 11 is 7.90. The van der Waals surface area contributed by atoms with Crippen molar-refractivity contribution in [1.82, 2.24) is 4.90 Å². The van der Waals surface area contributed by atoms with Crippen molar-refractivity contribution < 1.29 is 14.3 Å². The molecule has 1 atom stereocenters. The van der Waals surface area contributed by atoms with Crippen LogP contribution in [0.2, 0.25) is 5.02 Å². The van der Waals surface area contributed by atoms with Crippen molar-refractivity contribution >= 4 is 46.7 Å². The third-order valence-electron chi connectivity index (χ3n) is 6.20. The lowest BCUT2D eigenvalue weighted by Crippen LogP contribution is -2.51. The van der Waals surface area contributed by atoms with Gasteiger partial charge < -0.3 is 15.0 Å². The van der Waals surface area contributed by atoms with Gasteiger partial charge in [-0.05, 0) is 54.4 Å². The summed E-state index contributed by atoms with van der Waals surface area (Å²) in [5.41, 5.74) is 4.09. The molecule has 0 saturated carbocycles. The summed E-state index contributed by atoms with van der Waals surface area (Å²) < 4.78 is 5.48. The molecular weight excluding hydrogens is 470 g/mol. The molecule has 3 amide bonds. The molecule has 1 spiro atoms. The first-order chi connectivity index (χ1) is 16.4. The van der Waals surface area contributed by atoms with Crippen LogP contribution in [-0.4, -0.2) is 36.2 Å². The Morgan fingerprint density at radius 2 is 1.97 bits per heavy atom. The maximum Gasteiger partial charge on any atom is 0.323 e. The van der Waals surface area contributed by atoms with E-state index >= 15 is 0 Å². The van der Waals surface area contributed by atoms with Gasteiger partial charge in [0.2, 0.25) is 0 Å². The Morgan fingerprint density at radius 1 is 1.15 bits per heavy atom. The summed E-state index contributed by atoms with van der Waals surface area (Å²) in [6.45, 7) is 2.73.